The van der Waals surface area contributed by atoms with Crippen LogP contribution in [-0.2, 0) is 4.79 Å². The number of nitrogens with one attached hydrogen (secondary N) is 2. The van der Waals surface area contributed by atoms with E-state index in [0.717, 1.165) is 26.8 Å². The van der Waals surface area contributed by atoms with E-state index in [-0.39, 0.29) is 5.57 Å². The molecule has 0 bridgehead atoms. The third kappa shape index (κ3) is 3.68. The van der Waals surface area contributed by atoms with E-state index in [4.69, 9.17) is 0 Å². The van der Waals surface area contributed by atoms with Gasteiger partial charge in [-0.1, -0.05) is 46.3 Å². The second-order valence-electron chi connectivity index (χ2n) is 6.19. The number of carbonyl (C=O) groups is 1. The highest BCUT2D eigenvalue weighted by atomic mass is 79.9. The molecular weight excluding hydrogens is 418 g/mol. The summed E-state index contributed by atoms with van der Waals surface area (Å²) < 4.78 is 0.997. The molecule has 3 N–H and O–H groups in total. The number of hydrogen-bond donors (Lipinski definition) is 3. The molecule has 0 unspecified atom stereocenters. The second-order valence-corrected chi connectivity index (χ2v) is 7.10. The Hall–Kier alpha value is -3.38. The number of halogens is 1. The molecule has 0 saturated carbocycles. The number of carboxylic acids is 1. The van der Waals surface area contributed by atoms with Crippen LogP contribution in [0.25, 0.3) is 22.7 Å². The van der Waals surface area contributed by atoms with E-state index < -0.39 is 5.97 Å². The number of H-pyrrole nitrogens is 1. The average molecular weight is 434 g/mol. The van der Waals surface area contributed by atoms with Crippen molar-refractivity contribution in [2.24, 2.45) is 0 Å². The Kier molecular flexibility index (Phi) is 4.95. The van der Waals surface area contributed by atoms with Crippen molar-refractivity contribution >= 4 is 56.0 Å². The third-order valence-corrected chi connectivity index (χ3v) is 4.87. The van der Waals surface area contributed by atoms with E-state index in [0.29, 0.717) is 11.2 Å². The van der Waals surface area contributed by atoms with E-state index in [1.807, 2.05) is 48.5 Å². The zero-order valence-corrected chi connectivity index (χ0v) is 16.3. The first-order valence-corrected chi connectivity index (χ1v) is 9.40. The van der Waals surface area contributed by atoms with E-state index in [1.54, 1.807) is 30.6 Å². The molecule has 0 fully saturated rings. The van der Waals surface area contributed by atoms with Gasteiger partial charge in [-0.05, 0) is 42.0 Å². The number of rotatable bonds is 5. The standard InChI is InChI=1S/C22H16BrN3O2/c23-16-6-8-17(9-7-16)26-19-10-11-24-21-20(19)15(13-25-21)12-18(22(27)28)14-4-2-1-3-5-14/h1-13H,(H,27,28)(H2,24,25,26). The fourth-order valence-corrected chi connectivity index (χ4v) is 3.29. The van der Waals surface area contributed by atoms with Crippen molar-refractivity contribution in [1.29, 1.82) is 0 Å². The van der Waals surface area contributed by atoms with E-state index >= 15 is 0 Å². The number of carboxylic acid groups (broad SMARTS) is 1. The van der Waals surface area contributed by atoms with Crippen molar-refractivity contribution in [3.05, 3.63) is 88.7 Å². The molecule has 4 aromatic rings. The summed E-state index contributed by atoms with van der Waals surface area (Å²) in [4.78, 5) is 19.3. The van der Waals surface area contributed by atoms with Crippen LogP contribution in [0.15, 0.2) is 77.5 Å². The van der Waals surface area contributed by atoms with Crippen LogP contribution in [0.2, 0.25) is 0 Å². The predicted octanol–water partition coefficient (Wildman–Crippen LogP) is 5.69. The molecular formula is C22H16BrN3O2. The highest BCUT2D eigenvalue weighted by molar-refractivity contribution is 9.10. The van der Waals surface area contributed by atoms with Gasteiger partial charge < -0.3 is 15.4 Å². The first-order chi connectivity index (χ1) is 13.6. The number of hydrogen-bond acceptors (Lipinski definition) is 3. The average Bonchev–Trinajstić information content (AvgIpc) is 3.12. The minimum absolute atomic E-state index is 0.222. The van der Waals surface area contributed by atoms with Crippen molar-refractivity contribution in [3.8, 4) is 0 Å². The monoisotopic (exact) mass is 433 g/mol. The van der Waals surface area contributed by atoms with Crippen molar-refractivity contribution in [3.63, 3.8) is 0 Å². The summed E-state index contributed by atoms with van der Waals surface area (Å²) >= 11 is 3.43. The lowest BCUT2D eigenvalue weighted by atomic mass is 10.0. The fraction of sp³-hybridized carbons (Fsp3) is 0. The lowest BCUT2D eigenvalue weighted by Crippen LogP contribution is -1.99. The molecule has 2 aromatic carbocycles. The molecule has 0 aliphatic carbocycles. The van der Waals surface area contributed by atoms with Gasteiger partial charge in [-0.25, -0.2) is 9.78 Å². The molecule has 4 rings (SSSR count). The van der Waals surface area contributed by atoms with Crippen LogP contribution >= 0.6 is 15.9 Å². The first-order valence-electron chi connectivity index (χ1n) is 8.61. The molecule has 6 heteroatoms. The summed E-state index contributed by atoms with van der Waals surface area (Å²) in [6, 6.07) is 18.8. The van der Waals surface area contributed by atoms with Crippen molar-refractivity contribution < 1.29 is 9.90 Å². The molecule has 28 heavy (non-hydrogen) atoms. The van der Waals surface area contributed by atoms with Crippen molar-refractivity contribution in [2.75, 3.05) is 5.32 Å². The van der Waals surface area contributed by atoms with Gasteiger partial charge in [0.25, 0.3) is 0 Å². The number of aromatic amines is 1. The Morgan fingerprint density at radius 2 is 1.82 bits per heavy atom. The molecule has 0 saturated heterocycles. The maximum atomic E-state index is 11.9. The van der Waals surface area contributed by atoms with Gasteiger partial charge >= 0.3 is 5.97 Å². The van der Waals surface area contributed by atoms with Crippen molar-refractivity contribution in [1.82, 2.24) is 9.97 Å². The van der Waals surface area contributed by atoms with Gasteiger partial charge in [0, 0.05) is 33.5 Å². The molecule has 0 spiro atoms. The number of nitrogens with zero attached hydrogens (tertiary/aromatic N) is 1. The minimum atomic E-state index is -0.980. The molecule has 0 amide bonds. The summed E-state index contributed by atoms with van der Waals surface area (Å²) in [7, 11) is 0. The predicted molar refractivity (Wildman–Crippen MR) is 115 cm³/mol. The van der Waals surface area contributed by atoms with Gasteiger partial charge in [-0.3, -0.25) is 0 Å². The lowest BCUT2D eigenvalue weighted by Gasteiger charge is -2.09. The number of anilines is 2. The van der Waals surface area contributed by atoms with Gasteiger partial charge in [-0.2, -0.15) is 0 Å². The Bertz CT molecular complexity index is 1170. The first kappa shape index (κ1) is 18.0. The smallest absolute Gasteiger partial charge is 0.336 e. The molecule has 0 radical (unpaired) electrons. The Labute approximate surface area is 169 Å². The summed E-state index contributed by atoms with van der Waals surface area (Å²) in [5, 5.41) is 13.9. The van der Waals surface area contributed by atoms with E-state index in [2.05, 4.69) is 31.2 Å². The highest BCUT2D eigenvalue weighted by Gasteiger charge is 2.14. The molecule has 5 nitrogen and oxygen atoms in total. The highest BCUT2D eigenvalue weighted by Crippen LogP contribution is 2.31. The maximum Gasteiger partial charge on any atom is 0.336 e. The number of fused-ring (bicyclic) bond motifs is 1. The SMILES string of the molecule is O=C(O)C(=Cc1c[nH]c2nccc(Nc3ccc(Br)cc3)c12)c1ccccc1. The van der Waals surface area contributed by atoms with Crippen LogP contribution in [0.5, 0.6) is 0 Å². The van der Waals surface area contributed by atoms with Gasteiger partial charge in [-0.15, -0.1) is 0 Å². The summed E-state index contributed by atoms with van der Waals surface area (Å²) in [5.74, 6) is -0.980. The number of aromatic nitrogens is 2. The van der Waals surface area contributed by atoms with Gasteiger partial charge in [0.1, 0.15) is 5.65 Å². The Morgan fingerprint density at radius 1 is 1.07 bits per heavy atom. The second kappa shape index (κ2) is 7.70. The Morgan fingerprint density at radius 3 is 2.54 bits per heavy atom. The third-order valence-electron chi connectivity index (χ3n) is 4.34. The molecule has 2 heterocycles. The molecule has 138 valence electrons. The number of benzene rings is 2. The van der Waals surface area contributed by atoms with Gasteiger partial charge in [0.2, 0.25) is 0 Å². The van der Waals surface area contributed by atoms with Crippen LogP contribution in [0.1, 0.15) is 11.1 Å². The zero-order valence-electron chi connectivity index (χ0n) is 14.7. The minimum Gasteiger partial charge on any atom is -0.478 e. The number of aliphatic carboxylic acids is 1. The van der Waals surface area contributed by atoms with Crippen LogP contribution in [0, 0.1) is 0 Å². The summed E-state index contributed by atoms with van der Waals surface area (Å²) in [5.41, 5.74) is 4.08. The van der Waals surface area contributed by atoms with Gasteiger partial charge in [0.05, 0.1) is 11.3 Å². The Balaban J connectivity index is 1.81. The largest absolute Gasteiger partial charge is 0.478 e. The maximum absolute atomic E-state index is 11.9. The quantitative estimate of drug-likeness (QED) is 0.353. The lowest BCUT2D eigenvalue weighted by molar-refractivity contribution is -0.130. The molecule has 0 atom stereocenters. The zero-order chi connectivity index (χ0) is 19.5. The van der Waals surface area contributed by atoms with Crippen LogP contribution in [0.3, 0.4) is 0 Å². The van der Waals surface area contributed by atoms with E-state index in [9.17, 15) is 9.90 Å². The topological polar surface area (TPSA) is 78.0 Å². The summed E-state index contributed by atoms with van der Waals surface area (Å²) in [6.07, 6.45) is 5.16. The molecule has 2 aromatic heterocycles. The van der Waals surface area contributed by atoms with Gasteiger partial charge in [0.15, 0.2) is 0 Å². The van der Waals surface area contributed by atoms with E-state index in [1.165, 1.54) is 0 Å². The van der Waals surface area contributed by atoms with Crippen LogP contribution in [-0.4, -0.2) is 21.0 Å². The fourth-order valence-electron chi connectivity index (χ4n) is 3.03. The van der Waals surface area contributed by atoms with Crippen LogP contribution < -0.4 is 5.32 Å². The molecule has 0 aliphatic rings. The molecule has 0 aliphatic heterocycles. The number of pyridine rings is 1. The summed E-state index contributed by atoms with van der Waals surface area (Å²) in [6.45, 7) is 0. The normalized spacial score (nSPS) is 11.5. The van der Waals surface area contributed by atoms with Crippen LogP contribution in [0.4, 0.5) is 11.4 Å². The van der Waals surface area contributed by atoms with Crippen molar-refractivity contribution in [2.45, 2.75) is 0 Å².